The van der Waals surface area contributed by atoms with Gasteiger partial charge in [0, 0.05) is 18.5 Å². The molecule has 0 bridgehead atoms. The summed E-state index contributed by atoms with van der Waals surface area (Å²) in [5.74, 6) is 0.0464. The quantitative estimate of drug-likeness (QED) is 0.569. The van der Waals surface area contributed by atoms with Crippen LogP contribution in [0.4, 0.5) is 0 Å². The van der Waals surface area contributed by atoms with E-state index in [1.807, 2.05) is 48.1 Å². The van der Waals surface area contributed by atoms with Crippen molar-refractivity contribution >= 4 is 40.2 Å². The third kappa shape index (κ3) is 4.02. The summed E-state index contributed by atoms with van der Waals surface area (Å²) < 4.78 is 0. The Morgan fingerprint density at radius 2 is 2.04 bits per heavy atom. The van der Waals surface area contributed by atoms with E-state index >= 15 is 0 Å². The predicted molar refractivity (Wildman–Crippen MR) is 104 cm³/mol. The Labute approximate surface area is 150 Å². The van der Waals surface area contributed by atoms with Gasteiger partial charge in [-0.3, -0.25) is 4.79 Å². The number of rotatable bonds is 5. The van der Waals surface area contributed by atoms with E-state index in [0.717, 1.165) is 21.6 Å². The van der Waals surface area contributed by atoms with Gasteiger partial charge in [0.05, 0.1) is 5.57 Å². The summed E-state index contributed by atoms with van der Waals surface area (Å²) in [5.41, 5.74) is 4.15. The molecule has 2 aromatic heterocycles. The monoisotopic (exact) mass is 353 g/mol. The van der Waals surface area contributed by atoms with Crippen LogP contribution in [0.2, 0.25) is 0 Å². The van der Waals surface area contributed by atoms with Crippen LogP contribution in [-0.2, 0) is 11.3 Å². The molecule has 0 fully saturated rings. The number of amides is 1. The molecule has 122 valence electrons. The van der Waals surface area contributed by atoms with E-state index in [4.69, 9.17) is 0 Å². The van der Waals surface area contributed by atoms with Gasteiger partial charge in [0.25, 0.3) is 5.91 Å². The highest BCUT2D eigenvalue weighted by Gasteiger charge is 2.18. The van der Waals surface area contributed by atoms with Crippen LogP contribution in [0.3, 0.4) is 0 Å². The van der Waals surface area contributed by atoms with Gasteiger partial charge < -0.3 is 4.90 Å². The van der Waals surface area contributed by atoms with Crippen molar-refractivity contribution in [3.8, 4) is 0 Å². The standard InChI is InChI=1S/C20H19NOS2/c1-15-5-3-6-16(11-15)12-18(19-7-4-9-24-19)20(22)21(2)13-17-8-10-23-14-17/h3-12,14H,13H2,1-2H3/b18-12+. The summed E-state index contributed by atoms with van der Waals surface area (Å²) in [4.78, 5) is 15.8. The Hall–Kier alpha value is -2.17. The number of carbonyl (C=O) groups excluding carboxylic acids is 1. The fourth-order valence-corrected chi connectivity index (χ4v) is 3.92. The van der Waals surface area contributed by atoms with Gasteiger partial charge in [-0.25, -0.2) is 0 Å². The molecule has 24 heavy (non-hydrogen) atoms. The molecule has 0 N–H and O–H groups in total. The first-order valence-electron chi connectivity index (χ1n) is 7.72. The number of likely N-dealkylation sites (N-methyl/N-ethyl adjacent to an activating group) is 1. The minimum absolute atomic E-state index is 0.0464. The van der Waals surface area contributed by atoms with Gasteiger partial charge in [0.2, 0.25) is 0 Å². The molecule has 0 saturated carbocycles. The van der Waals surface area contributed by atoms with Crippen molar-refractivity contribution in [1.82, 2.24) is 4.90 Å². The lowest BCUT2D eigenvalue weighted by Gasteiger charge is -2.18. The molecule has 0 atom stereocenters. The smallest absolute Gasteiger partial charge is 0.255 e. The molecule has 3 aromatic rings. The molecule has 3 rings (SSSR count). The fraction of sp³-hybridized carbons (Fsp3) is 0.150. The highest BCUT2D eigenvalue weighted by atomic mass is 32.1. The second-order valence-corrected chi connectivity index (χ2v) is 7.47. The minimum Gasteiger partial charge on any atom is -0.337 e. The van der Waals surface area contributed by atoms with E-state index in [9.17, 15) is 4.79 Å². The molecule has 0 aliphatic carbocycles. The molecule has 0 aliphatic heterocycles. The van der Waals surface area contributed by atoms with Gasteiger partial charge in [-0.15, -0.1) is 11.3 Å². The third-order valence-electron chi connectivity index (χ3n) is 3.72. The highest BCUT2D eigenvalue weighted by molar-refractivity contribution is 7.11. The maximum Gasteiger partial charge on any atom is 0.255 e. The van der Waals surface area contributed by atoms with Crippen LogP contribution in [0, 0.1) is 6.92 Å². The van der Waals surface area contributed by atoms with Crippen molar-refractivity contribution in [3.63, 3.8) is 0 Å². The predicted octanol–water partition coefficient (Wildman–Crippen LogP) is 5.32. The zero-order valence-electron chi connectivity index (χ0n) is 13.7. The number of carbonyl (C=O) groups is 1. The van der Waals surface area contributed by atoms with Crippen molar-refractivity contribution in [2.45, 2.75) is 13.5 Å². The van der Waals surface area contributed by atoms with Crippen LogP contribution in [0.5, 0.6) is 0 Å². The SMILES string of the molecule is Cc1cccc(/C=C(/C(=O)N(C)Cc2ccsc2)c2cccs2)c1. The van der Waals surface area contributed by atoms with E-state index in [1.165, 1.54) is 5.56 Å². The first-order chi connectivity index (χ1) is 11.6. The van der Waals surface area contributed by atoms with E-state index in [-0.39, 0.29) is 5.91 Å². The zero-order chi connectivity index (χ0) is 16.9. The molecular weight excluding hydrogens is 334 g/mol. The molecule has 0 unspecified atom stereocenters. The lowest BCUT2D eigenvalue weighted by Crippen LogP contribution is -2.26. The normalized spacial score (nSPS) is 11.5. The Bertz CT molecular complexity index is 832. The van der Waals surface area contributed by atoms with Crippen molar-refractivity contribution < 1.29 is 4.79 Å². The van der Waals surface area contributed by atoms with Gasteiger partial charge in [-0.05, 0) is 52.4 Å². The fourth-order valence-electron chi connectivity index (χ4n) is 2.53. The van der Waals surface area contributed by atoms with Crippen LogP contribution >= 0.6 is 22.7 Å². The average Bonchev–Trinajstić information content (AvgIpc) is 3.25. The molecule has 2 nitrogen and oxygen atoms in total. The lowest BCUT2D eigenvalue weighted by molar-refractivity contribution is -0.124. The largest absolute Gasteiger partial charge is 0.337 e. The summed E-state index contributed by atoms with van der Waals surface area (Å²) in [5, 5.41) is 6.13. The van der Waals surface area contributed by atoms with E-state index in [0.29, 0.717) is 6.54 Å². The van der Waals surface area contributed by atoms with Crippen molar-refractivity contribution in [1.29, 1.82) is 0 Å². The van der Waals surface area contributed by atoms with Crippen LogP contribution in [0.1, 0.15) is 21.6 Å². The third-order valence-corrected chi connectivity index (χ3v) is 5.35. The first-order valence-corrected chi connectivity index (χ1v) is 9.54. The van der Waals surface area contributed by atoms with Crippen LogP contribution in [0.25, 0.3) is 11.6 Å². The number of benzene rings is 1. The average molecular weight is 354 g/mol. The number of hydrogen-bond acceptors (Lipinski definition) is 3. The number of nitrogens with zero attached hydrogens (tertiary/aromatic N) is 1. The summed E-state index contributed by atoms with van der Waals surface area (Å²) in [6.07, 6.45) is 1.99. The number of thiophene rings is 2. The lowest BCUT2D eigenvalue weighted by atomic mass is 10.1. The number of hydrogen-bond donors (Lipinski definition) is 0. The second kappa shape index (κ2) is 7.60. The number of aryl methyl sites for hydroxylation is 1. The van der Waals surface area contributed by atoms with E-state index < -0.39 is 0 Å². The van der Waals surface area contributed by atoms with Gasteiger partial charge in [-0.1, -0.05) is 35.9 Å². The van der Waals surface area contributed by atoms with E-state index in [1.54, 1.807) is 27.6 Å². The van der Waals surface area contributed by atoms with Gasteiger partial charge in [0.15, 0.2) is 0 Å². The van der Waals surface area contributed by atoms with Crippen LogP contribution in [-0.4, -0.2) is 17.9 Å². The molecule has 1 aromatic carbocycles. The van der Waals surface area contributed by atoms with Gasteiger partial charge >= 0.3 is 0 Å². The van der Waals surface area contributed by atoms with Crippen LogP contribution < -0.4 is 0 Å². The zero-order valence-corrected chi connectivity index (χ0v) is 15.4. The maximum absolute atomic E-state index is 13.0. The minimum atomic E-state index is 0.0464. The molecule has 1 amide bonds. The molecule has 2 heterocycles. The van der Waals surface area contributed by atoms with Gasteiger partial charge in [0.1, 0.15) is 0 Å². The highest BCUT2D eigenvalue weighted by Crippen LogP contribution is 2.25. The first kappa shape index (κ1) is 16.7. The summed E-state index contributed by atoms with van der Waals surface area (Å²) in [6.45, 7) is 2.69. The molecule has 0 spiro atoms. The molecular formula is C20H19NOS2. The molecule has 4 heteroatoms. The van der Waals surface area contributed by atoms with E-state index in [2.05, 4.69) is 30.5 Å². The Kier molecular flexibility index (Phi) is 5.28. The topological polar surface area (TPSA) is 20.3 Å². The van der Waals surface area contributed by atoms with Gasteiger partial charge in [-0.2, -0.15) is 11.3 Å². The van der Waals surface area contributed by atoms with Crippen molar-refractivity contribution in [2.24, 2.45) is 0 Å². The summed E-state index contributed by atoms with van der Waals surface area (Å²) in [7, 11) is 1.86. The second-order valence-electron chi connectivity index (χ2n) is 5.74. The molecule has 0 radical (unpaired) electrons. The Balaban J connectivity index is 1.91. The maximum atomic E-state index is 13.0. The molecule has 0 saturated heterocycles. The summed E-state index contributed by atoms with van der Waals surface area (Å²) >= 11 is 3.25. The Morgan fingerprint density at radius 1 is 1.17 bits per heavy atom. The van der Waals surface area contributed by atoms with Crippen molar-refractivity contribution in [2.75, 3.05) is 7.05 Å². The van der Waals surface area contributed by atoms with Crippen LogP contribution in [0.15, 0.2) is 58.6 Å². The van der Waals surface area contributed by atoms with Crippen molar-refractivity contribution in [3.05, 3.63) is 80.2 Å². The Morgan fingerprint density at radius 3 is 2.71 bits per heavy atom. The summed E-state index contributed by atoms with van der Waals surface area (Å²) in [6, 6.07) is 14.3. The molecule has 0 aliphatic rings.